The summed E-state index contributed by atoms with van der Waals surface area (Å²) in [5.41, 5.74) is 2.91. The molecular weight excluding hydrogens is 488 g/mol. The van der Waals surface area contributed by atoms with Crippen LogP contribution >= 0.6 is 11.6 Å². The molecular formula is C25H20ClF2N7O. The first kappa shape index (κ1) is 22.6. The summed E-state index contributed by atoms with van der Waals surface area (Å²) in [6.07, 6.45) is 6.22. The molecule has 1 unspecified atom stereocenters. The highest BCUT2D eigenvalue weighted by Gasteiger charge is 2.22. The van der Waals surface area contributed by atoms with Gasteiger partial charge in [0.2, 0.25) is 11.7 Å². The first-order chi connectivity index (χ1) is 17.5. The highest BCUT2D eigenvalue weighted by molar-refractivity contribution is 6.32. The van der Waals surface area contributed by atoms with Crippen LogP contribution in [0.15, 0.2) is 59.8 Å². The van der Waals surface area contributed by atoms with E-state index in [0.717, 1.165) is 23.1 Å². The van der Waals surface area contributed by atoms with Gasteiger partial charge in [0.25, 0.3) is 5.56 Å². The minimum Gasteiger partial charge on any atom is -0.324 e. The van der Waals surface area contributed by atoms with Crippen LogP contribution in [0.2, 0.25) is 5.02 Å². The molecule has 1 aliphatic carbocycles. The number of fused-ring (bicyclic) bond motifs is 4. The fraction of sp³-hybridized carbons (Fsp3) is 0.200. The molecule has 11 heteroatoms. The van der Waals surface area contributed by atoms with Gasteiger partial charge in [-0.1, -0.05) is 23.7 Å². The van der Waals surface area contributed by atoms with Gasteiger partial charge < -0.3 is 10.6 Å². The molecule has 3 heterocycles. The fourth-order valence-electron chi connectivity index (χ4n) is 4.74. The first-order valence-corrected chi connectivity index (χ1v) is 11.8. The number of imidazole rings is 1. The van der Waals surface area contributed by atoms with E-state index in [-0.39, 0.29) is 34.6 Å². The van der Waals surface area contributed by atoms with Crippen LogP contribution in [0, 0.1) is 5.82 Å². The van der Waals surface area contributed by atoms with Crippen molar-refractivity contribution in [1.82, 2.24) is 29.2 Å². The van der Waals surface area contributed by atoms with Crippen molar-refractivity contribution in [2.75, 3.05) is 18.5 Å². The molecule has 182 valence electrons. The molecule has 2 aromatic carbocycles. The Labute approximate surface area is 208 Å². The molecule has 1 aliphatic rings. The van der Waals surface area contributed by atoms with Crippen LogP contribution in [0.1, 0.15) is 11.1 Å². The largest absolute Gasteiger partial charge is 0.324 e. The monoisotopic (exact) mass is 507 g/mol. The Hall–Kier alpha value is -3.89. The maximum Gasteiger partial charge on any atom is 0.270 e. The van der Waals surface area contributed by atoms with Crippen molar-refractivity contribution in [1.29, 1.82) is 0 Å². The zero-order valence-electron chi connectivity index (χ0n) is 18.9. The maximum absolute atomic E-state index is 14.7. The molecule has 0 aliphatic heterocycles. The first-order valence-electron chi connectivity index (χ1n) is 11.4. The van der Waals surface area contributed by atoms with Crippen molar-refractivity contribution in [2.45, 2.75) is 18.9 Å². The average molecular weight is 508 g/mol. The number of alkyl halides is 1. The molecule has 0 saturated heterocycles. The van der Waals surface area contributed by atoms with Crippen LogP contribution in [0.3, 0.4) is 0 Å². The third kappa shape index (κ3) is 3.78. The predicted octanol–water partition coefficient (Wildman–Crippen LogP) is 3.99. The van der Waals surface area contributed by atoms with Crippen LogP contribution in [0.4, 0.5) is 20.4 Å². The Kier molecular flexibility index (Phi) is 5.62. The SMILES string of the molecule is O=c1c2cnc(Nc3ccc4c(c3)CC(NCCF)C4)nc2n2ccnc2n1-c1c(F)cccc1Cl. The van der Waals surface area contributed by atoms with E-state index in [2.05, 4.69) is 25.6 Å². The standard InChI is InChI=1S/C25H20ClF2N7O/c26-19-2-1-3-20(28)21(19)35-23(36)18-13-31-24(33-22(18)34-9-8-30-25(34)35)32-16-5-4-14-10-17(29-7-6-27)12-15(14)11-16/h1-5,8-9,11,13,17,29H,6-7,10,12H2,(H,31,32,33). The number of rotatable bonds is 6. The van der Waals surface area contributed by atoms with Crippen molar-refractivity contribution >= 4 is 40.0 Å². The van der Waals surface area contributed by atoms with E-state index >= 15 is 0 Å². The summed E-state index contributed by atoms with van der Waals surface area (Å²) in [4.78, 5) is 26.6. The van der Waals surface area contributed by atoms with Gasteiger partial charge >= 0.3 is 0 Å². The molecule has 3 aromatic heterocycles. The lowest BCUT2D eigenvalue weighted by Gasteiger charge is -2.13. The van der Waals surface area contributed by atoms with Gasteiger partial charge in [0.1, 0.15) is 23.6 Å². The van der Waals surface area contributed by atoms with Crippen molar-refractivity contribution in [3.05, 3.63) is 87.3 Å². The summed E-state index contributed by atoms with van der Waals surface area (Å²) in [7, 11) is 0. The lowest BCUT2D eigenvalue weighted by molar-refractivity contribution is 0.434. The second-order valence-electron chi connectivity index (χ2n) is 8.60. The minimum absolute atomic E-state index is 0.0816. The Morgan fingerprint density at radius 1 is 1.14 bits per heavy atom. The highest BCUT2D eigenvalue weighted by atomic mass is 35.5. The van der Waals surface area contributed by atoms with Gasteiger partial charge in [-0.05, 0) is 48.2 Å². The number of halogens is 3. The van der Waals surface area contributed by atoms with Crippen LogP contribution < -0.4 is 16.2 Å². The number of para-hydroxylation sites is 1. The second-order valence-corrected chi connectivity index (χ2v) is 9.00. The third-order valence-corrected chi connectivity index (χ3v) is 6.64. The number of hydrogen-bond acceptors (Lipinski definition) is 6. The summed E-state index contributed by atoms with van der Waals surface area (Å²) in [6.45, 7) is -0.0379. The Bertz CT molecular complexity index is 1660. The number of aromatic nitrogens is 5. The van der Waals surface area contributed by atoms with Gasteiger partial charge in [-0.15, -0.1) is 0 Å². The summed E-state index contributed by atoms with van der Waals surface area (Å²) in [5, 5.41) is 6.68. The fourth-order valence-corrected chi connectivity index (χ4v) is 4.98. The second kappa shape index (κ2) is 8.96. The Balaban J connectivity index is 1.39. The average Bonchev–Trinajstić information content (AvgIpc) is 3.51. The molecule has 5 aromatic rings. The molecule has 0 radical (unpaired) electrons. The summed E-state index contributed by atoms with van der Waals surface area (Å²) in [5.74, 6) is -0.177. The molecule has 1 atom stereocenters. The molecule has 0 saturated carbocycles. The van der Waals surface area contributed by atoms with Gasteiger partial charge in [-0.25, -0.2) is 23.3 Å². The van der Waals surface area contributed by atoms with Gasteiger partial charge in [-0.3, -0.25) is 9.20 Å². The van der Waals surface area contributed by atoms with Crippen LogP contribution in [-0.2, 0) is 12.8 Å². The van der Waals surface area contributed by atoms with Crippen molar-refractivity contribution in [2.24, 2.45) is 0 Å². The number of nitrogens with zero attached hydrogens (tertiary/aromatic N) is 5. The summed E-state index contributed by atoms with van der Waals surface area (Å²) >= 11 is 6.25. The van der Waals surface area contributed by atoms with E-state index in [9.17, 15) is 13.6 Å². The summed E-state index contributed by atoms with van der Waals surface area (Å²) in [6, 6.07) is 10.5. The quantitative estimate of drug-likeness (QED) is 0.361. The topological polar surface area (TPSA) is 89.1 Å². The van der Waals surface area contributed by atoms with E-state index in [1.807, 2.05) is 18.2 Å². The molecule has 6 rings (SSSR count). The molecule has 36 heavy (non-hydrogen) atoms. The molecule has 0 amide bonds. The van der Waals surface area contributed by atoms with Gasteiger partial charge in [-0.2, -0.15) is 4.98 Å². The van der Waals surface area contributed by atoms with E-state index in [0.29, 0.717) is 18.1 Å². The molecule has 0 bridgehead atoms. The molecule has 2 N–H and O–H groups in total. The zero-order chi connectivity index (χ0) is 24.8. The number of anilines is 2. The van der Waals surface area contributed by atoms with E-state index in [1.165, 1.54) is 41.7 Å². The predicted molar refractivity (Wildman–Crippen MR) is 134 cm³/mol. The van der Waals surface area contributed by atoms with E-state index in [1.54, 1.807) is 10.6 Å². The minimum atomic E-state index is -0.646. The number of benzene rings is 2. The molecule has 0 spiro atoms. The van der Waals surface area contributed by atoms with Crippen molar-refractivity contribution in [3.8, 4) is 5.69 Å². The number of nitrogens with one attached hydrogen (secondary N) is 2. The molecule has 0 fully saturated rings. The Morgan fingerprint density at radius 2 is 2.00 bits per heavy atom. The third-order valence-electron chi connectivity index (χ3n) is 6.34. The van der Waals surface area contributed by atoms with Crippen molar-refractivity contribution < 1.29 is 8.78 Å². The van der Waals surface area contributed by atoms with Crippen LogP contribution in [0.5, 0.6) is 0 Å². The van der Waals surface area contributed by atoms with Gasteiger partial charge in [0, 0.05) is 36.9 Å². The molecule has 8 nitrogen and oxygen atoms in total. The van der Waals surface area contributed by atoms with Gasteiger partial charge in [0.15, 0.2) is 5.65 Å². The number of hydrogen-bond donors (Lipinski definition) is 2. The normalized spacial score (nSPS) is 15.0. The van der Waals surface area contributed by atoms with Crippen molar-refractivity contribution in [3.63, 3.8) is 0 Å². The summed E-state index contributed by atoms with van der Waals surface area (Å²) < 4.78 is 29.9. The zero-order valence-corrected chi connectivity index (χ0v) is 19.6. The van der Waals surface area contributed by atoms with Gasteiger partial charge in [0.05, 0.1) is 5.02 Å². The van der Waals surface area contributed by atoms with E-state index in [4.69, 9.17) is 11.6 Å². The van der Waals surface area contributed by atoms with Crippen LogP contribution in [-0.4, -0.2) is 43.2 Å². The highest BCUT2D eigenvalue weighted by Crippen LogP contribution is 2.28. The van der Waals surface area contributed by atoms with E-state index < -0.39 is 11.4 Å². The lowest BCUT2D eigenvalue weighted by atomic mass is 10.1. The van der Waals surface area contributed by atoms with Crippen LogP contribution in [0.25, 0.3) is 22.5 Å². The lowest BCUT2D eigenvalue weighted by Crippen LogP contribution is -2.31. The Morgan fingerprint density at radius 3 is 2.83 bits per heavy atom. The maximum atomic E-state index is 14.7. The smallest absolute Gasteiger partial charge is 0.270 e.